The highest BCUT2D eigenvalue weighted by Gasteiger charge is 2.26. The van der Waals surface area contributed by atoms with Gasteiger partial charge in [-0.15, -0.1) is 0 Å². The number of pyridine rings is 1. The summed E-state index contributed by atoms with van der Waals surface area (Å²) in [6.45, 7) is 8.30. The van der Waals surface area contributed by atoms with Gasteiger partial charge in [0.15, 0.2) is 0 Å². The number of hydrogen-bond acceptors (Lipinski definition) is 2. The zero-order valence-electron chi connectivity index (χ0n) is 12.3. The highest BCUT2D eigenvalue weighted by atomic mass is 19.1. The smallest absolute Gasteiger partial charge is 0.137 e. The SMILES string of the molecule is C=C(/C=C/C)c1ccn2cc(CN3CC(CF)C3)nc2c1. The van der Waals surface area contributed by atoms with Crippen molar-refractivity contribution in [3.8, 4) is 0 Å². The van der Waals surface area contributed by atoms with Gasteiger partial charge in [0.25, 0.3) is 0 Å². The van der Waals surface area contributed by atoms with Crippen LogP contribution in [0.3, 0.4) is 0 Å². The van der Waals surface area contributed by atoms with Gasteiger partial charge in [0, 0.05) is 37.9 Å². The van der Waals surface area contributed by atoms with Gasteiger partial charge in [0.1, 0.15) is 5.65 Å². The molecule has 3 heterocycles. The van der Waals surface area contributed by atoms with Crippen LogP contribution < -0.4 is 0 Å². The number of allylic oxidation sites excluding steroid dienone is 3. The van der Waals surface area contributed by atoms with E-state index in [1.165, 1.54) is 0 Å². The van der Waals surface area contributed by atoms with Crippen LogP contribution >= 0.6 is 0 Å². The van der Waals surface area contributed by atoms with Gasteiger partial charge in [-0.2, -0.15) is 0 Å². The maximum absolute atomic E-state index is 12.4. The number of fused-ring (bicyclic) bond motifs is 1. The van der Waals surface area contributed by atoms with Crippen LogP contribution in [0.4, 0.5) is 4.39 Å². The molecule has 0 aromatic carbocycles. The van der Waals surface area contributed by atoms with Crippen LogP contribution in [0, 0.1) is 5.92 Å². The van der Waals surface area contributed by atoms with Gasteiger partial charge in [-0.1, -0.05) is 18.7 Å². The Bertz CT molecular complexity index is 680. The lowest BCUT2D eigenvalue weighted by atomic mass is 10.0. The molecule has 3 rings (SSSR count). The monoisotopic (exact) mass is 285 g/mol. The molecule has 0 saturated carbocycles. The molecule has 2 aromatic heterocycles. The second-order valence-electron chi connectivity index (χ2n) is 5.65. The highest BCUT2D eigenvalue weighted by molar-refractivity contribution is 5.73. The first kappa shape index (κ1) is 14.0. The normalized spacial score (nSPS) is 16.7. The van der Waals surface area contributed by atoms with E-state index < -0.39 is 0 Å². The van der Waals surface area contributed by atoms with Gasteiger partial charge < -0.3 is 4.40 Å². The molecule has 0 bridgehead atoms. The van der Waals surface area contributed by atoms with E-state index >= 15 is 0 Å². The number of imidazole rings is 1. The second kappa shape index (κ2) is 5.82. The van der Waals surface area contributed by atoms with Crippen LogP contribution in [0.25, 0.3) is 11.2 Å². The van der Waals surface area contributed by atoms with Crippen LogP contribution in [0.15, 0.2) is 43.3 Å². The second-order valence-corrected chi connectivity index (χ2v) is 5.65. The van der Waals surface area contributed by atoms with Gasteiger partial charge in [0.2, 0.25) is 0 Å². The molecule has 4 heteroatoms. The minimum absolute atomic E-state index is 0.210. The standard InChI is InChI=1S/C17H20FN3/c1-3-4-13(2)15-5-6-21-12-16(19-17(21)7-15)11-20-9-14(8-18)10-20/h3-7,12,14H,2,8-11H2,1H3/b4-3+. The summed E-state index contributed by atoms with van der Waals surface area (Å²) in [7, 11) is 0. The van der Waals surface area contributed by atoms with E-state index in [2.05, 4.69) is 16.5 Å². The van der Waals surface area contributed by atoms with E-state index in [9.17, 15) is 4.39 Å². The minimum Gasteiger partial charge on any atom is -0.307 e. The third kappa shape index (κ3) is 2.90. The summed E-state index contributed by atoms with van der Waals surface area (Å²) < 4.78 is 14.5. The van der Waals surface area contributed by atoms with Crippen LogP contribution in [-0.2, 0) is 6.54 Å². The molecule has 0 amide bonds. The van der Waals surface area contributed by atoms with Gasteiger partial charge in [-0.05, 0) is 30.2 Å². The van der Waals surface area contributed by atoms with Gasteiger partial charge in [0.05, 0.1) is 12.4 Å². The number of likely N-dealkylation sites (tertiary alicyclic amines) is 1. The van der Waals surface area contributed by atoms with Crippen molar-refractivity contribution in [2.75, 3.05) is 19.8 Å². The summed E-state index contributed by atoms with van der Waals surface area (Å²) in [5, 5.41) is 0. The van der Waals surface area contributed by atoms with Crippen LogP contribution in [0.2, 0.25) is 0 Å². The molecule has 3 nitrogen and oxygen atoms in total. The lowest BCUT2D eigenvalue weighted by molar-refractivity contribution is 0.0727. The fourth-order valence-corrected chi connectivity index (χ4v) is 2.74. The summed E-state index contributed by atoms with van der Waals surface area (Å²) in [5.74, 6) is 0.220. The number of alkyl halides is 1. The predicted molar refractivity (Wildman–Crippen MR) is 83.8 cm³/mol. The molecule has 0 atom stereocenters. The maximum atomic E-state index is 12.4. The summed E-state index contributed by atoms with van der Waals surface area (Å²) in [5.41, 5.74) is 4.02. The molecule has 0 unspecified atom stereocenters. The van der Waals surface area contributed by atoms with E-state index in [0.29, 0.717) is 0 Å². The lowest BCUT2D eigenvalue weighted by Crippen LogP contribution is -2.46. The Labute approximate surface area is 124 Å². The van der Waals surface area contributed by atoms with Crippen molar-refractivity contribution >= 4 is 11.2 Å². The molecule has 1 saturated heterocycles. The molecule has 1 aliphatic heterocycles. The minimum atomic E-state index is -0.210. The third-order valence-electron chi connectivity index (χ3n) is 3.89. The quantitative estimate of drug-likeness (QED) is 0.786. The number of nitrogens with zero attached hydrogens (tertiary/aromatic N) is 3. The molecule has 0 spiro atoms. The Kier molecular flexibility index (Phi) is 3.88. The average Bonchev–Trinajstić information content (AvgIpc) is 2.84. The van der Waals surface area contributed by atoms with Crippen molar-refractivity contribution in [3.05, 3.63) is 54.5 Å². The molecule has 0 N–H and O–H groups in total. The summed E-state index contributed by atoms with van der Waals surface area (Å²) >= 11 is 0. The molecule has 2 aromatic rings. The number of rotatable bonds is 5. The van der Waals surface area contributed by atoms with Crippen LogP contribution in [0.5, 0.6) is 0 Å². The van der Waals surface area contributed by atoms with Crippen molar-refractivity contribution in [2.24, 2.45) is 5.92 Å². The Balaban J connectivity index is 1.76. The maximum Gasteiger partial charge on any atom is 0.137 e. The molecule has 0 aliphatic carbocycles. The Morgan fingerprint density at radius 1 is 1.52 bits per heavy atom. The van der Waals surface area contributed by atoms with E-state index in [1.54, 1.807) is 0 Å². The fraction of sp³-hybridized carbons (Fsp3) is 0.353. The number of hydrogen-bond donors (Lipinski definition) is 0. The third-order valence-corrected chi connectivity index (χ3v) is 3.89. The van der Waals surface area contributed by atoms with E-state index in [1.807, 2.05) is 48.0 Å². The zero-order chi connectivity index (χ0) is 14.8. The first-order valence-corrected chi connectivity index (χ1v) is 7.27. The first-order valence-electron chi connectivity index (χ1n) is 7.27. The molecule has 1 aliphatic rings. The largest absolute Gasteiger partial charge is 0.307 e. The lowest BCUT2D eigenvalue weighted by Gasteiger charge is -2.37. The van der Waals surface area contributed by atoms with Crippen molar-refractivity contribution in [2.45, 2.75) is 13.5 Å². The number of aromatic nitrogens is 2. The Morgan fingerprint density at radius 2 is 2.33 bits per heavy atom. The molecule has 1 fully saturated rings. The molecular formula is C17H20FN3. The number of halogens is 1. The molecule has 21 heavy (non-hydrogen) atoms. The topological polar surface area (TPSA) is 20.5 Å². The van der Waals surface area contributed by atoms with Gasteiger partial charge in [-0.3, -0.25) is 9.29 Å². The molecule has 110 valence electrons. The van der Waals surface area contributed by atoms with E-state index in [4.69, 9.17) is 0 Å². The van der Waals surface area contributed by atoms with Gasteiger partial charge in [-0.25, -0.2) is 4.98 Å². The first-order chi connectivity index (χ1) is 10.2. The summed E-state index contributed by atoms with van der Waals surface area (Å²) in [6, 6.07) is 4.09. The Hall–Kier alpha value is -1.94. The van der Waals surface area contributed by atoms with Crippen molar-refractivity contribution in [1.82, 2.24) is 14.3 Å². The van der Waals surface area contributed by atoms with Crippen LogP contribution in [-0.4, -0.2) is 34.0 Å². The van der Waals surface area contributed by atoms with Crippen molar-refractivity contribution in [1.29, 1.82) is 0 Å². The van der Waals surface area contributed by atoms with Crippen molar-refractivity contribution in [3.63, 3.8) is 0 Å². The molecular weight excluding hydrogens is 265 g/mol. The zero-order valence-corrected chi connectivity index (χ0v) is 12.3. The van der Waals surface area contributed by atoms with Gasteiger partial charge >= 0.3 is 0 Å². The average molecular weight is 285 g/mol. The predicted octanol–water partition coefficient (Wildman–Crippen LogP) is 3.32. The van der Waals surface area contributed by atoms with E-state index in [0.717, 1.165) is 42.1 Å². The van der Waals surface area contributed by atoms with Crippen molar-refractivity contribution < 1.29 is 4.39 Å². The van der Waals surface area contributed by atoms with E-state index in [-0.39, 0.29) is 12.6 Å². The Morgan fingerprint density at radius 3 is 3.05 bits per heavy atom. The molecule has 0 radical (unpaired) electrons. The summed E-state index contributed by atoms with van der Waals surface area (Å²) in [4.78, 5) is 6.88. The highest BCUT2D eigenvalue weighted by Crippen LogP contribution is 2.20. The fourth-order valence-electron chi connectivity index (χ4n) is 2.74. The van der Waals surface area contributed by atoms with Crippen LogP contribution in [0.1, 0.15) is 18.2 Å². The summed E-state index contributed by atoms with van der Waals surface area (Å²) in [6.07, 6.45) is 8.03.